The quantitative estimate of drug-likeness (QED) is 0.503. The van der Waals surface area contributed by atoms with E-state index in [1.54, 1.807) is 14.2 Å². The highest BCUT2D eigenvalue weighted by Crippen LogP contribution is 2.24. The zero-order valence-corrected chi connectivity index (χ0v) is 14.9. The van der Waals surface area contributed by atoms with Crippen molar-refractivity contribution < 1.29 is 14.3 Å². The van der Waals surface area contributed by atoms with Crippen molar-refractivity contribution in [3.05, 3.63) is 29.8 Å². The number of hydrogen-bond acceptors (Lipinski definition) is 4. The molecule has 0 aromatic heterocycles. The van der Waals surface area contributed by atoms with Crippen molar-refractivity contribution >= 4 is 11.9 Å². The zero-order valence-electron chi connectivity index (χ0n) is 14.9. The van der Waals surface area contributed by atoms with Crippen molar-refractivity contribution in [3.63, 3.8) is 0 Å². The van der Waals surface area contributed by atoms with Crippen LogP contribution in [0.4, 0.5) is 0 Å². The molecule has 2 rings (SSSR count). The summed E-state index contributed by atoms with van der Waals surface area (Å²) in [7, 11) is 4.88. The fourth-order valence-corrected chi connectivity index (χ4v) is 3.08. The Morgan fingerprint density at radius 2 is 2.17 bits per heavy atom. The molecule has 2 atom stereocenters. The molecule has 1 heterocycles. The second-order valence-electron chi connectivity index (χ2n) is 6.09. The van der Waals surface area contributed by atoms with Crippen LogP contribution in [-0.2, 0) is 16.0 Å². The number of methoxy groups -OCH3 is 2. The second-order valence-corrected chi connectivity index (χ2v) is 6.09. The van der Waals surface area contributed by atoms with E-state index in [0.29, 0.717) is 6.54 Å². The molecule has 2 unspecified atom stereocenters. The van der Waals surface area contributed by atoms with Gasteiger partial charge < -0.3 is 19.7 Å². The Morgan fingerprint density at radius 3 is 2.83 bits per heavy atom. The average molecular weight is 333 g/mol. The number of benzene rings is 1. The van der Waals surface area contributed by atoms with Gasteiger partial charge in [0.15, 0.2) is 5.96 Å². The van der Waals surface area contributed by atoms with Gasteiger partial charge in [0.25, 0.3) is 0 Å². The Morgan fingerprint density at radius 1 is 1.38 bits per heavy atom. The van der Waals surface area contributed by atoms with Gasteiger partial charge in [-0.2, -0.15) is 0 Å². The van der Waals surface area contributed by atoms with Gasteiger partial charge in [0.05, 0.1) is 20.1 Å². The molecular formula is C18H27N3O3. The molecule has 0 bridgehead atoms. The van der Waals surface area contributed by atoms with Gasteiger partial charge in [-0.25, -0.2) is 0 Å². The summed E-state index contributed by atoms with van der Waals surface area (Å²) in [5, 5.41) is 3.38. The van der Waals surface area contributed by atoms with Crippen molar-refractivity contribution in [3.8, 4) is 5.75 Å². The predicted octanol–water partition coefficient (Wildman–Crippen LogP) is 1.55. The fourth-order valence-electron chi connectivity index (χ4n) is 3.08. The molecule has 0 radical (unpaired) electrons. The van der Waals surface area contributed by atoms with Gasteiger partial charge in [0.1, 0.15) is 5.75 Å². The first-order valence-electron chi connectivity index (χ1n) is 8.25. The Kier molecular flexibility index (Phi) is 6.46. The van der Waals surface area contributed by atoms with E-state index >= 15 is 0 Å². The van der Waals surface area contributed by atoms with Gasteiger partial charge in [0.2, 0.25) is 0 Å². The van der Waals surface area contributed by atoms with Crippen LogP contribution in [0.15, 0.2) is 29.3 Å². The van der Waals surface area contributed by atoms with Crippen LogP contribution in [0.25, 0.3) is 0 Å². The number of carbonyl (C=O) groups excluding carboxylic acids is 1. The van der Waals surface area contributed by atoms with E-state index in [-0.39, 0.29) is 17.8 Å². The van der Waals surface area contributed by atoms with Crippen LogP contribution in [0, 0.1) is 11.8 Å². The third kappa shape index (κ3) is 4.40. The summed E-state index contributed by atoms with van der Waals surface area (Å²) in [5.74, 6) is 1.72. The molecule has 0 aliphatic carbocycles. The lowest BCUT2D eigenvalue weighted by Gasteiger charge is -2.21. The largest absolute Gasteiger partial charge is 0.497 e. The van der Waals surface area contributed by atoms with Gasteiger partial charge in [-0.1, -0.05) is 19.1 Å². The van der Waals surface area contributed by atoms with Gasteiger partial charge >= 0.3 is 5.97 Å². The van der Waals surface area contributed by atoms with E-state index in [2.05, 4.69) is 28.2 Å². The topological polar surface area (TPSA) is 63.2 Å². The number of guanidine groups is 1. The number of ether oxygens (including phenoxy) is 2. The van der Waals surface area contributed by atoms with Crippen LogP contribution in [0.1, 0.15) is 12.5 Å². The van der Waals surface area contributed by atoms with E-state index in [1.165, 1.54) is 12.7 Å². The van der Waals surface area contributed by atoms with Crippen molar-refractivity contribution in [2.75, 3.05) is 40.9 Å². The average Bonchev–Trinajstić information content (AvgIpc) is 2.99. The summed E-state index contributed by atoms with van der Waals surface area (Å²) in [6.07, 6.45) is 0.875. The molecule has 0 amide bonds. The van der Waals surface area contributed by atoms with Crippen molar-refractivity contribution in [2.24, 2.45) is 16.8 Å². The maximum atomic E-state index is 11.8. The normalized spacial score (nSPS) is 20.8. The van der Waals surface area contributed by atoms with Gasteiger partial charge in [-0.3, -0.25) is 9.79 Å². The summed E-state index contributed by atoms with van der Waals surface area (Å²) in [5.41, 5.74) is 1.21. The molecule has 0 saturated carbocycles. The van der Waals surface area contributed by atoms with Gasteiger partial charge in [-0.15, -0.1) is 0 Å². The third-order valence-electron chi connectivity index (χ3n) is 4.46. The predicted molar refractivity (Wildman–Crippen MR) is 94.3 cm³/mol. The molecule has 1 aromatic carbocycles. The summed E-state index contributed by atoms with van der Waals surface area (Å²) in [6.45, 7) is 4.30. The Bertz CT molecular complexity index is 589. The van der Waals surface area contributed by atoms with Crippen molar-refractivity contribution in [1.82, 2.24) is 10.2 Å². The highest BCUT2D eigenvalue weighted by Gasteiger charge is 2.36. The molecule has 24 heavy (non-hydrogen) atoms. The number of aliphatic imine (C=N–C) groups is 1. The summed E-state index contributed by atoms with van der Waals surface area (Å²) < 4.78 is 10.1. The minimum absolute atomic E-state index is 0.0908. The monoisotopic (exact) mass is 333 g/mol. The maximum absolute atomic E-state index is 11.8. The number of carbonyl (C=O) groups is 1. The van der Waals surface area contributed by atoms with E-state index in [9.17, 15) is 4.79 Å². The Labute approximate surface area is 143 Å². The lowest BCUT2D eigenvalue weighted by molar-refractivity contribution is -0.145. The second kappa shape index (κ2) is 8.57. The summed E-state index contributed by atoms with van der Waals surface area (Å²) >= 11 is 0. The van der Waals surface area contributed by atoms with Crippen LogP contribution in [-0.4, -0.2) is 57.7 Å². The lowest BCUT2D eigenvalue weighted by atomic mass is 9.99. The molecule has 132 valence electrons. The fraction of sp³-hybridized carbons (Fsp3) is 0.556. The molecule has 0 spiro atoms. The zero-order chi connectivity index (χ0) is 17.5. The molecule has 6 nitrogen and oxygen atoms in total. The maximum Gasteiger partial charge on any atom is 0.310 e. The summed E-state index contributed by atoms with van der Waals surface area (Å²) in [4.78, 5) is 18.3. The third-order valence-corrected chi connectivity index (χ3v) is 4.46. The first-order chi connectivity index (χ1) is 11.6. The van der Waals surface area contributed by atoms with Crippen LogP contribution < -0.4 is 10.1 Å². The van der Waals surface area contributed by atoms with Crippen molar-refractivity contribution in [1.29, 1.82) is 0 Å². The Hall–Kier alpha value is -2.24. The van der Waals surface area contributed by atoms with Gasteiger partial charge in [-0.05, 0) is 30.0 Å². The van der Waals surface area contributed by atoms with E-state index in [0.717, 1.165) is 31.2 Å². The number of hydrogen-bond donors (Lipinski definition) is 1. The number of rotatable bonds is 5. The number of nitrogens with zero attached hydrogens (tertiary/aromatic N) is 2. The standard InChI is InChI=1S/C18H27N3O3/c1-13-11-21(12-16(13)17(22)24-4)18(19-2)20-9-8-14-6-5-7-15(10-14)23-3/h5-7,10,13,16H,8-9,11-12H2,1-4H3,(H,19,20). The smallest absolute Gasteiger partial charge is 0.310 e. The number of likely N-dealkylation sites (tertiary alicyclic amines) is 1. The molecule has 1 fully saturated rings. The first kappa shape index (κ1) is 18.1. The van der Waals surface area contributed by atoms with E-state index in [1.807, 2.05) is 18.2 Å². The Balaban J connectivity index is 1.88. The van der Waals surface area contributed by atoms with E-state index < -0.39 is 0 Å². The minimum atomic E-state index is -0.142. The van der Waals surface area contributed by atoms with Crippen molar-refractivity contribution in [2.45, 2.75) is 13.3 Å². The molecule has 1 aliphatic rings. The highest BCUT2D eigenvalue weighted by atomic mass is 16.5. The molecule has 1 saturated heterocycles. The van der Waals surface area contributed by atoms with Gasteiger partial charge in [0, 0.05) is 26.7 Å². The number of esters is 1. The molecular weight excluding hydrogens is 306 g/mol. The molecule has 1 aromatic rings. The highest BCUT2D eigenvalue weighted by molar-refractivity contribution is 5.82. The molecule has 1 N–H and O–H groups in total. The molecule has 1 aliphatic heterocycles. The van der Waals surface area contributed by atoms with E-state index in [4.69, 9.17) is 9.47 Å². The molecule has 6 heteroatoms. The number of nitrogens with one attached hydrogen (secondary N) is 1. The van der Waals surface area contributed by atoms with Crippen LogP contribution in [0.3, 0.4) is 0 Å². The van der Waals surface area contributed by atoms with Crippen LogP contribution in [0.2, 0.25) is 0 Å². The lowest BCUT2D eigenvalue weighted by Crippen LogP contribution is -2.41. The minimum Gasteiger partial charge on any atom is -0.497 e. The SMILES string of the molecule is CN=C(NCCc1cccc(OC)c1)N1CC(C)C(C(=O)OC)C1. The summed E-state index contributed by atoms with van der Waals surface area (Å²) in [6, 6.07) is 8.05. The van der Waals surface area contributed by atoms with Crippen LogP contribution in [0.5, 0.6) is 5.75 Å². The van der Waals surface area contributed by atoms with Crippen LogP contribution >= 0.6 is 0 Å². The first-order valence-corrected chi connectivity index (χ1v) is 8.25.